The van der Waals surface area contributed by atoms with Gasteiger partial charge in [0, 0.05) is 45.8 Å². The first kappa shape index (κ1) is 15.0. The highest BCUT2D eigenvalue weighted by molar-refractivity contribution is 5.25. The van der Waals surface area contributed by atoms with E-state index < -0.39 is 0 Å². The summed E-state index contributed by atoms with van der Waals surface area (Å²) >= 11 is 0. The Morgan fingerprint density at radius 1 is 1.28 bits per heavy atom. The molecule has 1 aromatic rings. The van der Waals surface area contributed by atoms with Crippen LogP contribution in [0.15, 0.2) is 12.4 Å². The number of imidazole rings is 1. The fraction of sp³-hybridized carbons (Fsp3) is 0.769. The highest BCUT2D eigenvalue weighted by Gasteiger charge is 2.01. The van der Waals surface area contributed by atoms with Gasteiger partial charge in [-0.2, -0.15) is 0 Å². The predicted octanol–water partition coefficient (Wildman–Crippen LogP) is 2.15. The van der Waals surface area contributed by atoms with Crippen molar-refractivity contribution in [2.75, 3.05) is 38.8 Å². The molecule has 104 valence electrons. The van der Waals surface area contributed by atoms with E-state index >= 15 is 0 Å². The fourth-order valence-corrected chi connectivity index (χ4v) is 1.58. The fourth-order valence-electron chi connectivity index (χ4n) is 1.58. The van der Waals surface area contributed by atoms with Crippen molar-refractivity contribution < 1.29 is 9.47 Å². The molecule has 0 radical (unpaired) electrons. The normalized spacial score (nSPS) is 10.8. The molecule has 0 amide bonds. The first-order valence-corrected chi connectivity index (χ1v) is 6.70. The van der Waals surface area contributed by atoms with E-state index in [2.05, 4.69) is 21.8 Å². The SMILES string of the molecule is CCCCOCCn1ccnc1NCCCOC. The Hall–Kier alpha value is -1.07. The van der Waals surface area contributed by atoms with E-state index in [1.807, 2.05) is 12.4 Å². The second-order valence-electron chi connectivity index (χ2n) is 4.18. The molecule has 1 aromatic heterocycles. The van der Waals surface area contributed by atoms with Gasteiger partial charge in [-0.3, -0.25) is 0 Å². The molecule has 0 aromatic carbocycles. The molecular formula is C13H25N3O2. The number of ether oxygens (including phenoxy) is 2. The highest BCUT2D eigenvalue weighted by atomic mass is 16.5. The number of anilines is 1. The van der Waals surface area contributed by atoms with Crippen LogP contribution in [-0.2, 0) is 16.0 Å². The van der Waals surface area contributed by atoms with Gasteiger partial charge in [0.1, 0.15) is 0 Å². The summed E-state index contributed by atoms with van der Waals surface area (Å²) < 4.78 is 12.6. The Labute approximate surface area is 109 Å². The third kappa shape index (κ3) is 6.02. The second kappa shape index (κ2) is 9.91. The van der Waals surface area contributed by atoms with Crippen molar-refractivity contribution in [2.24, 2.45) is 0 Å². The number of nitrogens with one attached hydrogen (secondary N) is 1. The van der Waals surface area contributed by atoms with Crippen molar-refractivity contribution >= 4 is 5.95 Å². The van der Waals surface area contributed by atoms with Crippen molar-refractivity contribution in [2.45, 2.75) is 32.7 Å². The van der Waals surface area contributed by atoms with E-state index in [0.29, 0.717) is 0 Å². The summed E-state index contributed by atoms with van der Waals surface area (Å²) in [5.41, 5.74) is 0. The lowest BCUT2D eigenvalue weighted by Gasteiger charge is -2.10. The number of aromatic nitrogens is 2. The summed E-state index contributed by atoms with van der Waals surface area (Å²) in [6.45, 7) is 6.25. The van der Waals surface area contributed by atoms with Gasteiger partial charge < -0.3 is 19.4 Å². The summed E-state index contributed by atoms with van der Waals surface area (Å²) in [6, 6.07) is 0. The van der Waals surface area contributed by atoms with Crippen molar-refractivity contribution in [1.29, 1.82) is 0 Å². The number of rotatable bonds is 11. The third-order valence-corrected chi connectivity index (χ3v) is 2.64. The van der Waals surface area contributed by atoms with E-state index in [1.165, 1.54) is 6.42 Å². The maximum absolute atomic E-state index is 5.55. The maximum atomic E-state index is 5.55. The lowest BCUT2D eigenvalue weighted by Crippen LogP contribution is -2.12. The van der Waals surface area contributed by atoms with Crippen LogP contribution < -0.4 is 5.32 Å². The van der Waals surface area contributed by atoms with Gasteiger partial charge >= 0.3 is 0 Å². The van der Waals surface area contributed by atoms with Crippen LogP contribution in [0.5, 0.6) is 0 Å². The molecule has 1 heterocycles. The molecule has 0 fully saturated rings. The third-order valence-electron chi connectivity index (χ3n) is 2.64. The Morgan fingerprint density at radius 3 is 2.94 bits per heavy atom. The zero-order chi connectivity index (χ0) is 13.1. The number of nitrogens with zero attached hydrogens (tertiary/aromatic N) is 2. The molecular weight excluding hydrogens is 230 g/mol. The van der Waals surface area contributed by atoms with Gasteiger partial charge in [-0.25, -0.2) is 4.98 Å². The largest absolute Gasteiger partial charge is 0.385 e. The molecule has 0 aliphatic heterocycles. The van der Waals surface area contributed by atoms with Crippen molar-refractivity contribution in [1.82, 2.24) is 9.55 Å². The maximum Gasteiger partial charge on any atom is 0.202 e. The predicted molar refractivity (Wildman–Crippen MR) is 72.9 cm³/mol. The smallest absolute Gasteiger partial charge is 0.202 e. The first-order valence-electron chi connectivity index (χ1n) is 6.70. The molecule has 5 heteroatoms. The van der Waals surface area contributed by atoms with Gasteiger partial charge in [0.05, 0.1) is 6.61 Å². The molecule has 0 bridgehead atoms. The lowest BCUT2D eigenvalue weighted by atomic mass is 10.4. The van der Waals surface area contributed by atoms with Gasteiger partial charge in [0.15, 0.2) is 0 Å². The molecule has 0 spiro atoms. The van der Waals surface area contributed by atoms with Gasteiger partial charge in [-0.1, -0.05) is 13.3 Å². The van der Waals surface area contributed by atoms with Gasteiger partial charge in [-0.05, 0) is 12.8 Å². The summed E-state index contributed by atoms with van der Waals surface area (Å²) in [7, 11) is 1.72. The minimum absolute atomic E-state index is 0.739. The van der Waals surface area contributed by atoms with Gasteiger partial charge in [0.2, 0.25) is 5.95 Å². The van der Waals surface area contributed by atoms with Crippen LogP contribution in [-0.4, -0.2) is 43.0 Å². The standard InChI is InChI=1S/C13H25N3O2/c1-3-4-11-18-12-9-16-8-7-15-13(16)14-6-5-10-17-2/h7-8H,3-6,9-12H2,1-2H3,(H,14,15). The monoisotopic (exact) mass is 255 g/mol. The Balaban J connectivity index is 2.18. The van der Waals surface area contributed by atoms with Crippen molar-refractivity contribution in [3.63, 3.8) is 0 Å². The summed E-state index contributed by atoms with van der Waals surface area (Å²) in [5.74, 6) is 0.908. The van der Waals surface area contributed by atoms with Crippen molar-refractivity contribution in [3.8, 4) is 0 Å². The topological polar surface area (TPSA) is 48.3 Å². The number of hydrogen-bond acceptors (Lipinski definition) is 4. The van der Waals surface area contributed by atoms with E-state index in [9.17, 15) is 0 Å². The Kier molecular flexibility index (Phi) is 8.25. The van der Waals surface area contributed by atoms with Gasteiger partial charge in [-0.15, -0.1) is 0 Å². The Morgan fingerprint density at radius 2 is 2.17 bits per heavy atom. The zero-order valence-corrected chi connectivity index (χ0v) is 11.5. The molecule has 0 aliphatic rings. The quantitative estimate of drug-likeness (QED) is 0.615. The average Bonchev–Trinajstić information content (AvgIpc) is 2.82. The molecule has 1 rings (SSSR count). The summed E-state index contributed by atoms with van der Waals surface area (Å²) in [4.78, 5) is 4.28. The number of methoxy groups -OCH3 is 1. The van der Waals surface area contributed by atoms with Crippen molar-refractivity contribution in [3.05, 3.63) is 12.4 Å². The molecule has 0 unspecified atom stereocenters. The average molecular weight is 255 g/mol. The first-order chi connectivity index (χ1) is 8.88. The van der Waals surface area contributed by atoms with Crippen LogP contribution in [0.3, 0.4) is 0 Å². The lowest BCUT2D eigenvalue weighted by molar-refractivity contribution is 0.124. The van der Waals surface area contributed by atoms with Crippen LogP contribution in [0, 0.1) is 0 Å². The molecule has 5 nitrogen and oxygen atoms in total. The van der Waals surface area contributed by atoms with Crippen LogP contribution in [0.4, 0.5) is 5.95 Å². The molecule has 0 aliphatic carbocycles. The van der Waals surface area contributed by atoms with Crippen LogP contribution in [0.2, 0.25) is 0 Å². The van der Waals surface area contributed by atoms with Crippen LogP contribution in [0.25, 0.3) is 0 Å². The van der Waals surface area contributed by atoms with Gasteiger partial charge in [0.25, 0.3) is 0 Å². The highest BCUT2D eigenvalue weighted by Crippen LogP contribution is 2.04. The number of unbranched alkanes of at least 4 members (excludes halogenated alkanes) is 1. The molecule has 1 N–H and O–H groups in total. The summed E-state index contributed by atoms with van der Waals surface area (Å²) in [6.07, 6.45) is 7.08. The minimum atomic E-state index is 0.739. The van der Waals surface area contributed by atoms with Crippen LogP contribution in [0.1, 0.15) is 26.2 Å². The molecule has 0 atom stereocenters. The van der Waals surface area contributed by atoms with E-state index in [1.54, 1.807) is 7.11 Å². The number of hydrogen-bond donors (Lipinski definition) is 1. The Bertz CT molecular complexity index is 302. The zero-order valence-electron chi connectivity index (χ0n) is 11.5. The molecule has 0 saturated heterocycles. The van der Waals surface area contributed by atoms with E-state index in [4.69, 9.17) is 9.47 Å². The molecule has 18 heavy (non-hydrogen) atoms. The summed E-state index contributed by atoms with van der Waals surface area (Å²) in [5, 5.41) is 3.30. The second-order valence-corrected chi connectivity index (χ2v) is 4.18. The molecule has 0 saturated carbocycles. The minimum Gasteiger partial charge on any atom is -0.385 e. The van der Waals surface area contributed by atoms with Crippen LogP contribution >= 0.6 is 0 Å². The van der Waals surface area contributed by atoms with E-state index in [-0.39, 0.29) is 0 Å². The van der Waals surface area contributed by atoms with E-state index in [0.717, 1.165) is 51.7 Å².